The quantitative estimate of drug-likeness (QED) is 0.592. The lowest BCUT2D eigenvalue weighted by molar-refractivity contribution is 0.473. The van der Waals surface area contributed by atoms with Gasteiger partial charge in [-0.15, -0.1) is 0 Å². The lowest BCUT2D eigenvalue weighted by Crippen LogP contribution is -2.07. The number of phenols is 1. The van der Waals surface area contributed by atoms with Crippen LogP contribution in [0.5, 0.6) is 5.75 Å². The van der Waals surface area contributed by atoms with E-state index in [-0.39, 0.29) is 11.3 Å². The van der Waals surface area contributed by atoms with Crippen molar-refractivity contribution in [2.24, 2.45) is 4.99 Å². The number of aryl methyl sites for hydroxylation is 2. The van der Waals surface area contributed by atoms with Gasteiger partial charge < -0.3 is 5.11 Å². The first kappa shape index (κ1) is 9.94. The second-order valence-corrected chi connectivity index (χ2v) is 4.19. The minimum absolute atomic E-state index is 0.264. The van der Waals surface area contributed by atoms with Gasteiger partial charge in [-0.2, -0.15) is 4.99 Å². The van der Waals surface area contributed by atoms with Crippen LogP contribution in [-0.2, 0) is 10.3 Å². The molecule has 2 rings (SSSR count). The molecular weight excluding hydrogens is 190 g/mol. The van der Waals surface area contributed by atoms with Crippen LogP contribution in [0.25, 0.3) is 0 Å². The Morgan fingerprint density at radius 2 is 1.87 bits per heavy atom. The van der Waals surface area contributed by atoms with E-state index in [0.29, 0.717) is 0 Å². The molecule has 0 radical (unpaired) electrons. The van der Waals surface area contributed by atoms with Crippen LogP contribution in [0.1, 0.15) is 29.5 Å². The number of hydrogen-bond acceptors (Lipinski definition) is 3. The van der Waals surface area contributed by atoms with E-state index >= 15 is 0 Å². The van der Waals surface area contributed by atoms with Crippen molar-refractivity contribution in [1.82, 2.24) is 0 Å². The molecule has 3 nitrogen and oxygen atoms in total. The zero-order valence-electron chi connectivity index (χ0n) is 8.87. The molecule has 0 amide bonds. The highest BCUT2D eigenvalue weighted by Gasteiger charge is 2.46. The molecule has 1 aromatic rings. The van der Waals surface area contributed by atoms with Crippen molar-refractivity contribution in [3.05, 3.63) is 28.8 Å². The SMILES string of the molecule is Cc1cc(O)cc(C)c1C1(N=C=O)CC1. The Bertz CT molecular complexity index is 432. The van der Waals surface area contributed by atoms with E-state index in [0.717, 1.165) is 29.5 Å². The second-order valence-electron chi connectivity index (χ2n) is 4.19. The summed E-state index contributed by atoms with van der Waals surface area (Å²) in [4.78, 5) is 14.3. The Balaban J connectivity index is 2.58. The lowest BCUT2D eigenvalue weighted by atomic mass is 9.94. The zero-order chi connectivity index (χ0) is 11.1. The molecular formula is C12H13NO2. The number of nitrogens with zero attached hydrogens (tertiary/aromatic N) is 1. The predicted octanol–water partition coefficient (Wildman–Crippen LogP) is 2.33. The molecule has 0 heterocycles. The minimum atomic E-state index is -0.344. The van der Waals surface area contributed by atoms with Crippen LogP contribution >= 0.6 is 0 Å². The average molecular weight is 203 g/mol. The fraction of sp³-hybridized carbons (Fsp3) is 0.417. The van der Waals surface area contributed by atoms with Crippen LogP contribution in [-0.4, -0.2) is 11.2 Å². The summed E-state index contributed by atoms with van der Waals surface area (Å²) in [6.45, 7) is 3.87. The van der Waals surface area contributed by atoms with Crippen molar-refractivity contribution in [2.75, 3.05) is 0 Å². The van der Waals surface area contributed by atoms with Gasteiger partial charge in [-0.1, -0.05) is 0 Å². The lowest BCUT2D eigenvalue weighted by Gasteiger charge is -2.15. The highest BCUT2D eigenvalue weighted by molar-refractivity contribution is 5.50. The van der Waals surface area contributed by atoms with Crippen LogP contribution < -0.4 is 0 Å². The summed E-state index contributed by atoms with van der Waals surface area (Å²) in [5, 5.41) is 9.43. The molecule has 0 unspecified atom stereocenters. The zero-order valence-corrected chi connectivity index (χ0v) is 8.87. The fourth-order valence-corrected chi connectivity index (χ4v) is 2.30. The van der Waals surface area contributed by atoms with Crippen molar-refractivity contribution in [2.45, 2.75) is 32.2 Å². The third-order valence-corrected chi connectivity index (χ3v) is 2.97. The number of isocyanates is 1. The van der Waals surface area contributed by atoms with Crippen LogP contribution in [0.2, 0.25) is 0 Å². The molecule has 1 N–H and O–H groups in total. The van der Waals surface area contributed by atoms with Crippen molar-refractivity contribution < 1.29 is 9.90 Å². The first-order chi connectivity index (χ1) is 7.09. The third kappa shape index (κ3) is 1.55. The van der Waals surface area contributed by atoms with Crippen molar-refractivity contribution >= 4 is 6.08 Å². The maximum absolute atomic E-state index is 10.4. The van der Waals surface area contributed by atoms with Gasteiger partial charge in [-0.25, -0.2) is 4.79 Å². The van der Waals surface area contributed by atoms with Crippen molar-refractivity contribution in [1.29, 1.82) is 0 Å². The summed E-state index contributed by atoms with van der Waals surface area (Å²) in [5.74, 6) is 0.264. The van der Waals surface area contributed by atoms with Gasteiger partial charge in [0.15, 0.2) is 0 Å². The van der Waals surface area contributed by atoms with E-state index in [4.69, 9.17) is 0 Å². The number of rotatable bonds is 2. The predicted molar refractivity (Wildman–Crippen MR) is 56.6 cm³/mol. The van der Waals surface area contributed by atoms with Gasteiger partial charge in [0.05, 0.1) is 5.54 Å². The molecule has 0 saturated heterocycles. The van der Waals surface area contributed by atoms with E-state index in [9.17, 15) is 9.90 Å². The second kappa shape index (κ2) is 3.21. The summed E-state index contributed by atoms with van der Waals surface area (Å²) in [5.41, 5.74) is 2.71. The molecule has 0 bridgehead atoms. The molecule has 1 fully saturated rings. The summed E-state index contributed by atoms with van der Waals surface area (Å²) in [6.07, 6.45) is 3.45. The highest BCUT2D eigenvalue weighted by Crippen LogP contribution is 2.51. The van der Waals surface area contributed by atoms with Gasteiger partial charge >= 0.3 is 0 Å². The minimum Gasteiger partial charge on any atom is -0.508 e. The van der Waals surface area contributed by atoms with Gasteiger partial charge in [0.1, 0.15) is 5.75 Å². The fourth-order valence-electron chi connectivity index (χ4n) is 2.30. The topological polar surface area (TPSA) is 49.7 Å². The average Bonchev–Trinajstić information content (AvgIpc) is 2.83. The number of aliphatic imine (C=N–C) groups is 1. The molecule has 15 heavy (non-hydrogen) atoms. The van der Waals surface area contributed by atoms with Crippen LogP contribution in [0.4, 0.5) is 0 Å². The van der Waals surface area contributed by atoms with E-state index in [2.05, 4.69) is 4.99 Å². The highest BCUT2D eigenvalue weighted by atomic mass is 16.3. The van der Waals surface area contributed by atoms with Gasteiger partial charge in [-0.05, 0) is 55.5 Å². The van der Waals surface area contributed by atoms with Gasteiger partial charge in [-0.3, -0.25) is 0 Å². The molecule has 1 aliphatic carbocycles. The summed E-state index contributed by atoms with van der Waals surface area (Å²) < 4.78 is 0. The number of phenolic OH excluding ortho intramolecular Hbond substituents is 1. The Morgan fingerprint density at radius 3 is 2.27 bits per heavy atom. The molecule has 0 atom stereocenters. The first-order valence-electron chi connectivity index (χ1n) is 4.99. The number of hydrogen-bond donors (Lipinski definition) is 1. The summed E-state index contributed by atoms with van der Waals surface area (Å²) in [7, 11) is 0. The number of carbonyl (C=O) groups excluding carboxylic acids is 1. The van der Waals surface area contributed by atoms with E-state index in [1.54, 1.807) is 18.2 Å². The van der Waals surface area contributed by atoms with Crippen molar-refractivity contribution in [3.63, 3.8) is 0 Å². The molecule has 1 aromatic carbocycles. The van der Waals surface area contributed by atoms with Gasteiger partial charge in [0.2, 0.25) is 6.08 Å². The van der Waals surface area contributed by atoms with Crippen LogP contribution in [0.15, 0.2) is 17.1 Å². The first-order valence-corrected chi connectivity index (χ1v) is 4.99. The monoisotopic (exact) mass is 203 g/mol. The molecule has 0 spiro atoms. The normalized spacial score (nSPS) is 16.9. The number of aromatic hydroxyl groups is 1. The maximum Gasteiger partial charge on any atom is 0.235 e. The Hall–Kier alpha value is -1.60. The van der Waals surface area contributed by atoms with Crippen LogP contribution in [0.3, 0.4) is 0 Å². The van der Waals surface area contributed by atoms with Crippen LogP contribution in [0, 0.1) is 13.8 Å². The molecule has 0 aromatic heterocycles. The van der Waals surface area contributed by atoms with E-state index in [1.165, 1.54) is 0 Å². The Labute approximate surface area is 88.5 Å². The molecule has 78 valence electrons. The van der Waals surface area contributed by atoms with E-state index in [1.807, 2.05) is 13.8 Å². The molecule has 1 saturated carbocycles. The molecule has 0 aliphatic heterocycles. The largest absolute Gasteiger partial charge is 0.508 e. The summed E-state index contributed by atoms with van der Waals surface area (Å²) in [6, 6.07) is 3.42. The number of benzene rings is 1. The maximum atomic E-state index is 10.4. The van der Waals surface area contributed by atoms with E-state index < -0.39 is 0 Å². The molecule has 1 aliphatic rings. The third-order valence-electron chi connectivity index (χ3n) is 2.97. The smallest absolute Gasteiger partial charge is 0.235 e. The van der Waals surface area contributed by atoms with Gasteiger partial charge in [0.25, 0.3) is 0 Å². The van der Waals surface area contributed by atoms with Gasteiger partial charge in [0, 0.05) is 0 Å². The Morgan fingerprint density at radius 1 is 1.33 bits per heavy atom. The standard InChI is InChI=1S/C12H13NO2/c1-8-5-10(15)6-9(2)11(8)12(3-4-12)13-7-14/h5-6,15H,3-4H2,1-2H3. The Kier molecular flexibility index (Phi) is 2.13. The van der Waals surface area contributed by atoms with Crippen molar-refractivity contribution in [3.8, 4) is 5.75 Å². The summed E-state index contributed by atoms with van der Waals surface area (Å²) >= 11 is 0. The molecule has 3 heteroatoms.